The van der Waals surface area contributed by atoms with Gasteiger partial charge in [0.1, 0.15) is 11.6 Å². The summed E-state index contributed by atoms with van der Waals surface area (Å²) in [6, 6.07) is 29.7. The van der Waals surface area contributed by atoms with Gasteiger partial charge in [-0.1, -0.05) is 54.1 Å². The molecule has 1 aromatic heterocycles. The van der Waals surface area contributed by atoms with E-state index in [-0.39, 0.29) is 11.9 Å². The maximum Gasteiger partial charge on any atom is 0.247 e. The first-order valence-corrected chi connectivity index (χ1v) is 12.3. The van der Waals surface area contributed by atoms with Crippen molar-refractivity contribution in [2.75, 3.05) is 12.1 Å². The molecule has 5 nitrogen and oxygen atoms in total. The third-order valence-electron chi connectivity index (χ3n) is 6.49. The van der Waals surface area contributed by atoms with Crippen LogP contribution in [0, 0.1) is 5.82 Å². The quantitative estimate of drug-likeness (QED) is 0.247. The van der Waals surface area contributed by atoms with E-state index < -0.39 is 0 Å². The number of anilines is 1. The lowest BCUT2D eigenvalue weighted by Gasteiger charge is -2.23. The molecular formula is C30H22ClFN4O. The standard InChI is InChI=1S/C30H22ClFN4O/c1-37-24-14-9-19(10-15-24)27-18-28(20-7-12-23(32)13-8-20)36(35-27)30-33-26-16-11-22(31)17-25(26)29(34-30)21-5-3-2-4-6-21/h2-17,28H,18H2,1H3. The van der Waals surface area contributed by atoms with Gasteiger partial charge >= 0.3 is 0 Å². The van der Waals surface area contributed by atoms with E-state index in [4.69, 9.17) is 31.4 Å². The molecule has 0 fully saturated rings. The molecule has 4 aromatic carbocycles. The van der Waals surface area contributed by atoms with Gasteiger partial charge in [-0.2, -0.15) is 5.10 Å². The Kier molecular flexibility index (Phi) is 6.02. The molecule has 37 heavy (non-hydrogen) atoms. The van der Waals surface area contributed by atoms with Crippen molar-refractivity contribution in [3.05, 3.63) is 119 Å². The van der Waals surface area contributed by atoms with Crippen LogP contribution in [-0.4, -0.2) is 22.8 Å². The van der Waals surface area contributed by atoms with Crippen LogP contribution in [0.1, 0.15) is 23.6 Å². The number of rotatable bonds is 5. The van der Waals surface area contributed by atoms with Crippen molar-refractivity contribution in [1.29, 1.82) is 0 Å². The van der Waals surface area contributed by atoms with Crippen molar-refractivity contribution in [1.82, 2.24) is 9.97 Å². The molecule has 182 valence electrons. The summed E-state index contributed by atoms with van der Waals surface area (Å²) in [5, 5.41) is 8.31. The fraction of sp³-hybridized carbons (Fsp3) is 0.100. The summed E-state index contributed by atoms with van der Waals surface area (Å²) in [5.41, 5.74) is 5.28. The number of aromatic nitrogens is 2. The first kappa shape index (κ1) is 23.1. The van der Waals surface area contributed by atoms with Crippen LogP contribution in [0.5, 0.6) is 5.75 Å². The number of ether oxygens (including phenoxy) is 1. The average molecular weight is 509 g/mol. The summed E-state index contributed by atoms with van der Waals surface area (Å²) < 4.78 is 19.1. The van der Waals surface area contributed by atoms with Crippen molar-refractivity contribution in [3.8, 4) is 17.0 Å². The highest BCUT2D eigenvalue weighted by molar-refractivity contribution is 6.31. The Bertz CT molecular complexity index is 1610. The molecule has 2 heterocycles. The topological polar surface area (TPSA) is 50.6 Å². The summed E-state index contributed by atoms with van der Waals surface area (Å²) in [6.45, 7) is 0. The fourth-order valence-corrected chi connectivity index (χ4v) is 4.78. The molecule has 1 aliphatic heterocycles. The molecule has 0 saturated carbocycles. The highest BCUT2D eigenvalue weighted by atomic mass is 35.5. The first-order valence-electron chi connectivity index (χ1n) is 11.9. The molecule has 5 aromatic rings. The zero-order valence-corrected chi connectivity index (χ0v) is 20.7. The van der Waals surface area contributed by atoms with Gasteiger partial charge in [-0.3, -0.25) is 0 Å². The summed E-state index contributed by atoms with van der Waals surface area (Å²) in [6.07, 6.45) is 0.612. The molecule has 0 spiro atoms. The molecule has 0 N–H and O–H groups in total. The smallest absolute Gasteiger partial charge is 0.247 e. The van der Waals surface area contributed by atoms with Crippen LogP contribution in [0.2, 0.25) is 5.02 Å². The molecule has 0 amide bonds. The Labute approximate surface area is 218 Å². The van der Waals surface area contributed by atoms with Gasteiger partial charge in [0.2, 0.25) is 5.95 Å². The lowest BCUT2D eigenvalue weighted by atomic mass is 9.98. The summed E-state index contributed by atoms with van der Waals surface area (Å²) >= 11 is 6.34. The average Bonchev–Trinajstić information content (AvgIpc) is 3.39. The van der Waals surface area contributed by atoms with Crippen molar-refractivity contribution < 1.29 is 9.13 Å². The van der Waals surface area contributed by atoms with E-state index in [1.807, 2.05) is 77.8 Å². The highest BCUT2D eigenvalue weighted by Crippen LogP contribution is 2.38. The number of nitrogens with zero attached hydrogens (tertiary/aromatic N) is 4. The summed E-state index contributed by atoms with van der Waals surface area (Å²) in [7, 11) is 1.64. The third kappa shape index (κ3) is 4.52. The van der Waals surface area contributed by atoms with Gasteiger partial charge in [-0.25, -0.2) is 19.4 Å². The molecule has 0 saturated heterocycles. The van der Waals surface area contributed by atoms with Crippen LogP contribution >= 0.6 is 11.6 Å². The van der Waals surface area contributed by atoms with Gasteiger partial charge in [-0.15, -0.1) is 0 Å². The Balaban J connectivity index is 1.52. The zero-order chi connectivity index (χ0) is 25.4. The van der Waals surface area contributed by atoms with E-state index in [0.717, 1.165) is 44.7 Å². The first-order chi connectivity index (χ1) is 18.1. The third-order valence-corrected chi connectivity index (χ3v) is 6.72. The van der Waals surface area contributed by atoms with E-state index in [1.54, 1.807) is 19.2 Å². The Hall–Kier alpha value is -4.29. The van der Waals surface area contributed by atoms with Gasteiger partial charge in [0.15, 0.2) is 0 Å². The number of methoxy groups -OCH3 is 1. The van der Waals surface area contributed by atoms with Gasteiger partial charge in [-0.05, 0) is 65.7 Å². The Morgan fingerprint density at radius 2 is 1.62 bits per heavy atom. The highest BCUT2D eigenvalue weighted by Gasteiger charge is 2.32. The number of hydrazone groups is 1. The molecule has 1 unspecified atom stereocenters. The molecule has 1 atom stereocenters. The number of benzene rings is 4. The van der Waals surface area contributed by atoms with Crippen LogP contribution in [0.25, 0.3) is 22.2 Å². The predicted molar refractivity (Wildman–Crippen MR) is 146 cm³/mol. The Morgan fingerprint density at radius 1 is 0.865 bits per heavy atom. The number of hydrogen-bond acceptors (Lipinski definition) is 5. The van der Waals surface area contributed by atoms with Crippen molar-refractivity contribution in [2.24, 2.45) is 5.10 Å². The molecule has 6 rings (SSSR count). The molecular weight excluding hydrogens is 487 g/mol. The molecule has 0 bridgehead atoms. The maximum absolute atomic E-state index is 13.8. The van der Waals surface area contributed by atoms with Crippen molar-refractivity contribution >= 4 is 34.2 Å². The number of halogens is 2. The molecule has 0 aliphatic carbocycles. The minimum Gasteiger partial charge on any atom is -0.497 e. The van der Waals surface area contributed by atoms with Crippen LogP contribution in [0.4, 0.5) is 10.3 Å². The van der Waals surface area contributed by atoms with E-state index in [1.165, 1.54) is 12.1 Å². The lowest BCUT2D eigenvalue weighted by molar-refractivity contribution is 0.415. The molecule has 1 aliphatic rings. The SMILES string of the molecule is COc1ccc(C2=NN(c3nc(-c4ccccc4)c4cc(Cl)ccc4n3)C(c3ccc(F)cc3)C2)cc1. The monoisotopic (exact) mass is 508 g/mol. The second kappa shape index (κ2) is 9.64. The van der Waals surface area contributed by atoms with Gasteiger partial charge in [0.25, 0.3) is 0 Å². The zero-order valence-electron chi connectivity index (χ0n) is 20.0. The van der Waals surface area contributed by atoms with E-state index in [2.05, 4.69) is 0 Å². The lowest BCUT2D eigenvalue weighted by Crippen LogP contribution is -2.21. The van der Waals surface area contributed by atoms with Crippen LogP contribution in [0.15, 0.2) is 102 Å². The van der Waals surface area contributed by atoms with Gasteiger partial charge in [0, 0.05) is 22.4 Å². The summed E-state index contributed by atoms with van der Waals surface area (Å²) in [4.78, 5) is 9.89. The molecule has 7 heteroatoms. The number of fused-ring (bicyclic) bond motifs is 1. The van der Waals surface area contributed by atoms with Crippen LogP contribution in [0.3, 0.4) is 0 Å². The van der Waals surface area contributed by atoms with Crippen molar-refractivity contribution in [3.63, 3.8) is 0 Å². The van der Waals surface area contributed by atoms with E-state index in [0.29, 0.717) is 17.4 Å². The summed E-state index contributed by atoms with van der Waals surface area (Å²) in [5.74, 6) is 0.958. The van der Waals surface area contributed by atoms with E-state index >= 15 is 0 Å². The fourth-order valence-electron chi connectivity index (χ4n) is 4.60. The van der Waals surface area contributed by atoms with Gasteiger partial charge < -0.3 is 4.74 Å². The minimum atomic E-state index is -0.283. The van der Waals surface area contributed by atoms with Crippen LogP contribution in [-0.2, 0) is 0 Å². The van der Waals surface area contributed by atoms with Gasteiger partial charge in [0.05, 0.1) is 30.1 Å². The van der Waals surface area contributed by atoms with Crippen molar-refractivity contribution in [2.45, 2.75) is 12.5 Å². The van der Waals surface area contributed by atoms with Crippen LogP contribution < -0.4 is 9.75 Å². The molecule has 0 radical (unpaired) electrons. The second-order valence-corrected chi connectivity index (χ2v) is 9.23. The number of hydrogen-bond donors (Lipinski definition) is 0. The van der Waals surface area contributed by atoms with E-state index in [9.17, 15) is 4.39 Å². The normalized spacial score (nSPS) is 15.2. The predicted octanol–water partition coefficient (Wildman–Crippen LogP) is 7.45. The largest absolute Gasteiger partial charge is 0.497 e. The Morgan fingerprint density at radius 3 is 2.35 bits per heavy atom. The minimum absolute atomic E-state index is 0.203. The second-order valence-electron chi connectivity index (χ2n) is 8.79. The maximum atomic E-state index is 13.8.